The fraction of sp³-hybridized carbons (Fsp3) is 0.857. The lowest BCUT2D eigenvalue weighted by Gasteiger charge is -2.00. The average molecular weight is 225 g/mol. The zero-order chi connectivity index (χ0) is 11.2. The molecule has 0 aliphatic carbocycles. The number of unbranched alkanes of at least 4 members (excludes halogenated alkanes) is 10. The second-order valence-electron chi connectivity index (χ2n) is 4.21. The quantitative estimate of drug-likeness (QED) is 0.342. The van der Waals surface area contributed by atoms with Crippen molar-refractivity contribution in [2.24, 2.45) is 0 Å². The molecular formula is C14H25S. The van der Waals surface area contributed by atoms with Gasteiger partial charge in [-0.15, -0.1) is 0 Å². The summed E-state index contributed by atoms with van der Waals surface area (Å²) in [6.07, 6.45) is 14.9. The van der Waals surface area contributed by atoms with Crippen LogP contribution in [0.1, 0.15) is 77.6 Å². The Kier molecular flexibility index (Phi) is 13.6. The van der Waals surface area contributed by atoms with E-state index in [1.54, 1.807) is 0 Å². The molecule has 0 saturated heterocycles. The molecule has 0 atom stereocenters. The Hall–Kier alpha value is -0.220. The second-order valence-corrected chi connectivity index (χ2v) is 4.41. The van der Waals surface area contributed by atoms with Gasteiger partial charge in [-0.2, -0.15) is 0 Å². The molecule has 1 radical (unpaired) electrons. The van der Waals surface area contributed by atoms with Crippen LogP contribution >= 0.6 is 12.6 Å². The maximum atomic E-state index is 4.56. The summed E-state index contributed by atoms with van der Waals surface area (Å²) in [5, 5.41) is 2.53. The highest BCUT2D eigenvalue weighted by Crippen LogP contribution is 2.10. The van der Waals surface area contributed by atoms with Crippen molar-refractivity contribution in [1.29, 1.82) is 0 Å². The van der Waals surface area contributed by atoms with Gasteiger partial charge in [0, 0.05) is 11.7 Å². The number of rotatable bonds is 10. The maximum absolute atomic E-state index is 4.56. The van der Waals surface area contributed by atoms with Crippen molar-refractivity contribution in [2.75, 3.05) is 0 Å². The zero-order valence-corrected chi connectivity index (χ0v) is 11.0. The van der Waals surface area contributed by atoms with Crippen molar-refractivity contribution in [2.45, 2.75) is 77.6 Å². The van der Waals surface area contributed by atoms with Gasteiger partial charge >= 0.3 is 0 Å². The van der Waals surface area contributed by atoms with Gasteiger partial charge in [-0.25, -0.2) is 0 Å². The fourth-order valence-corrected chi connectivity index (χ4v) is 1.85. The van der Waals surface area contributed by atoms with Crippen molar-refractivity contribution in [3.63, 3.8) is 0 Å². The third-order valence-corrected chi connectivity index (χ3v) is 2.87. The van der Waals surface area contributed by atoms with Crippen LogP contribution in [0.25, 0.3) is 0 Å². The summed E-state index contributed by atoms with van der Waals surface area (Å²) < 4.78 is 0. The summed E-state index contributed by atoms with van der Waals surface area (Å²) in [5.41, 5.74) is 0. The summed E-state index contributed by atoms with van der Waals surface area (Å²) in [4.78, 5) is 0. The highest BCUT2D eigenvalue weighted by atomic mass is 32.1. The van der Waals surface area contributed by atoms with E-state index in [4.69, 9.17) is 0 Å². The SMILES string of the molecule is CCCCCCCCCCCCC#C[S]. The van der Waals surface area contributed by atoms with Crippen LogP contribution in [0.3, 0.4) is 0 Å². The molecular weight excluding hydrogens is 200 g/mol. The van der Waals surface area contributed by atoms with E-state index in [0.29, 0.717) is 0 Å². The van der Waals surface area contributed by atoms with Crippen molar-refractivity contribution in [1.82, 2.24) is 0 Å². The molecule has 0 N–H and O–H groups in total. The first kappa shape index (κ1) is 14.8. The maximum Gasteiger partial charge on any atom is 0.0101 e. The molecule has 0 unspecified atom stereocenters. The second kappa shape index (κ2) is 13.8. The van der Waals surface area contributed by atoms with Crippen LogP contribution in [-0.4, -0.2) is 0 Å². The molecule has 0 saturated carbocycles. The van der Waals surface area contributed by atoms with Crippen LogP contribution in [0.5, 0.6) is 0 Å². The molecule has 0 spiro atoms. The highest BCUT2D eigenvalue weighted by Gasteiger charge is 1.91. The smallest absolute Gasteiger partial charge is 0.0101 e. The monoisotopic (exact) mass is 225 g/mol. The van der Waals surface area contributed by atoms with Gasteiger partial charge in [-0.1, -0.05) is 70.6 Å². The first-order valence-corrected chi connectivity index (χ1v) is 6.92. The van der Waals surface area contributed by atoms with Gasteiger partial charge < -0.3 is 0 Å². The van der Waals surface area contributed by atoms with Crippen LogP contribution in [-0.2, 0) is 0 Å². The summed E-state index contributed by atoms with van der Waals surface area (Å²) >= 11 is 4.56. The minimum atomic E-state index is 1.00. The van der Waals surface area contributed by atoms with E-state index in [1.165, 1.54) is 64.2 Å². The third-order valence-electron chi connectivity index (χ3n) is 2.73. The van der Waals surface area contributed by atoms with Gasteiger partial charge in [0.15, 0.2) is 0 Å². The van der Waals surface area contributed by atoms with Crippen molar-refractivity contribution in [3.8, 4) is 11.2 Å². The van der Waals surface area contributed by atoms with E-state index in [1.807, 2.05) is 0 Å². The summed E-state index contributed by atoms with van der Waals surface area (Å²) in [5.74, 6) is 2.94. The van der Waals surface area contributed by atoms with E-state index < -0.39 is 0 Å². The van der Waals surface area contributed by atoms with Crippen LogP contribution < -0.4 is 0 Å². The van der Waals surface area contributed by atoms with E-state index in [2.05, 4.69) is 30.7 Å². The fourth-order valence-electron chi connectivity index (χ4n) is 1.75. The largest absolute Gasteiger partial charge is 0.0865 e. The molecule has 0 bridgehead atoms. The van der Waals surface area contributed by atoms with Crippen molar-refractivity contribution in [3.05, 3.63) is 0 Å². The van der Waals surface area contributed by atoms with Crippen LogP contribution in [0, 0.1) is 11.2 Å². The van der Waals surface area contributed by atoms with Gasteiger partial charge in [-0.3, -0.25) is 0 Å². The molecule has 0 aromatic carbocycles. The Bertz CT molecular complexity index is 164. The lowest BCUT2D eigenvalue weighted by Crippen LogP contribution is -1.81. The lowest BCUT2D eigenvalue weighted by atomic mass is 10.1. The first-order chi connectivity index (χ1) is 7.41. The highest BCUT2D eigenvalue weighted by molar-refractivity contribution is 7.85. The van der Waals surface area contributed by atoms with Gasteiger partial charge in [0.05, 0.1) is 0 Å². The minimum Gasteiger partial charge on any atom is -0.0865 e. The molecule has 15 heavy (non-hydrogen) atoms. The van der Waals surface area contributed by atoms with Crippen LogP contribution in [0.4, 0.5) is 0 Å². The van der Waals surface area contributed by atoms with E-state index in [0.717, 1.165) is 6.42 Å². The zero-order valence-electron chi connectivity index (χ0n) is 10.2. The normalized spacial score (nSPS) is 9.67. The van der Waals surface area contributed by atoms with Crippen LogP contribution in [0.2, 0.25) is 0 Å². The van der Waals surface area contributed by atoms with E-state index >= 15 is 0 Å². The number of hydrogen-bond donors (Lipinski definition) is 0. The van der Waals surface area contributed by atoms with Gasteiger partial charge in [0.1, 0.15) is 0 Å². The predicted octanol–water partition coefficient (Wildman–Crippen LogP) is 5.46. The molecule has 0 aliphatic heterocycles. The standard InChI is InChI=1S/C14H25S/c1-2-3-4-5-6-7-8-9-10-11-12-13-14-15/h2-12H2,1H3. The number of hydrogen-bond acceptors (Lipinski definition) is 0. The first-order valence-electron chi connectivity index (χ1n) is 6.51. The lowest BCUT2D eigenvalue weighted by molar-refractivity contribution is 0.558. The minimum absolute atomic E-state index is 1.00. The molecule has 0 aromatic heterocycles. The third kappa shape index (κ3) is 13.8. The Labute approximate surface area is 102 Å². The van der Waals surface area contributed by atoms with Crippen molar-refractivity contribution >= 4 is 12.6 Å². The van der Waals surface area contributed by atoms with Gasteiger partial charge in [-0.05, 0) is 19.0 Å². The molecule has 87 valence electrons. The molecule has 0 heterocycles. The van der Waals surface area contributed by atoms with Crippen LogP contribution in [0.15, 0.2) is 0 Å². The average Bonchev–Trinajstić information content (AvgIpc) is 2.26. The van der Waals surface area contributed by atoms with Crippen molar-refractivity contribution < 1.29 is 0 Å². The predicted molar refractivity (Wildman–Crippen MR) is 71.8 cm³/mol. The summed E-state index contributed by atoms with van der Waals surface area (Å²) in [7, 11) is 0. The van der Waals surface area contributed by atoms with Gasteiger partial charge in [0.2, 0.25) is 0 Å². The molecule has 0 rings (SSSR count). The van der Waals surface area contributed by atoms with Gasteiger partial charge in [0.25, 0.3) is 0 Å². The molecule has 1 heteroatoms. The summed E-state index contributed by atoms with van der Waals surface area (Å²) in [6.45, 7) is 2.27. The Morgan fingerprint density at radius 3 is 1.67 bits per heavy atom. The van der Waals surface area contributed by atoms with E-state index in [-0.39, 0.29) is 0 Å². The molecule has 0 nitrogen and oxygen atoms in total. The Morgan fingerprint density at radius 2 is 1.20 bits per heavy atom. The molecule has 0 aliphatic rings. The summed E-state index contributed by atoms with van der Waals surface area (Å²) in [6, 6.07) is 0. The topological polar surface area (TPSA) is 0 Å². The molecule has 0 fully saturated rings. The Morgan fingerprint density at radius 1 is 0.733 bits per heavy atom. The Balaban J connectivity index is 2.88. The molecule has 0 aromatic rings. The molecule has 0 amide bonds. The van der Waals surface area contributed by atoms with E-state index in [9.17, 15) is 0 Å².